The molecule has 0 aliphatic carbocycles. The van der Waals surface area contributed by atoms with Gasteiger partial charge in [0.1, 0.15) is 6.61 Å². The van der Waals surface area contributed by atoms with Crippen molar-refractivity contribution >= 4 is 27.1 Å². The summed E-state index contributed by atoms with van der Waals surface area (Å²) in [6, 6.07) is 4.02. The van der Waals surface area contributed by atoms with Gasteiger partial charge < -0.3 is 10.5 Å². The van der Waals surface area contributed by atoms with Crippen LogP contribution >= 0.6 is 11.6 Å². The van der Waals surface area contributed by atoms with Crippen LogP contribution in [-0.2, 0) is 14.6 Å². The number of nitrogens with two attached hydrogens (primary N) is 1. The highest BCUT2D eigenvalue weighted by atomic mass is 35.5. The second-order valence-electron chi connectivity index (χ2n) is 4.03. The fourth-order valence-corrected chi connectivity index (χ4v) is 3.28. The summed E-state index contributed by atoms with van der Waals surface area (Å²) in [5, 5.41) is 0.0235. The maximum atomic E-state index is 11.9. The number of anilines is 1. The van der Waals surface area contributed by atoms with Crippen molar-refractivity contribution in [2.24, 2.45) is 0 Å². The molecule has 1 aromatic carbocycles. The number of nitrogen functional groups attached to an aromatic ring is 1. The van der Waals surface area contributed by atoms with Crippen LogP contribution in [0.15, 0.2) is 23.1 Å². The monoisotopic (exact) mass is 331 g/mol. The van der Waals surface area contributed by atoms with Gasteiger partial charge in [0.25, 0.3) is 0 Å². The van der Waals surface area contributed by atoms with E-state index in [1.807, 2.05) is 0 Å². The summed E-state index contributed by atoms with van der Waals surface area (Å²) >= 11 is 5.77. The smallest absolute Gasteiger partial charge is 0.399 e. The fraction of sp³-hybridized carbons (Fsp3) is 0.455. The van der Waals surface area contributed by atoms with Crippen LogP contribution in [0, 0.1) is 0 Å². The molecule has 0 radical (unpaired) electrons. The summed E-state index contributed by atoms with van der Waals surface area (Å²) in [7, 11) is -3.70. The summed E-state index contributed by atoms with van der Waals surface area (Å²) in [4.78, 5) is -0.130. The molecule has 20 heavy (non-hydrogen) atoms. The van der Waals surface area contributed by atoms with Crippen LogP contribution in [0.4, 0.5) is 18.9 Å². The Morgan fingerprint density at radius 2 is 1.95 bits per heavy atom. The quantitative estimate of drug-likeness (QED) is 0.642. The molecule has 4 nitrogen and oxygen atoms in total. The second kappa shape index (κ2) is 6.64. The SMILES string of the molecule is Nc1ccc(Cl)c(S(=O)(=O)CCCOCC(F)(F)F)c1. The van der Waals surface area contributed by atoms with E-state index < -0.39 is 22.6 Å². The Balaban J connectivity index is 2.56. The maximum absolute atomic E-state index is 11.9. The number of ether oxygens (including phenoxy) is 1. The molecule has 0 amide bonds. The van der Waals surface area contributed by atoms with E-state index in [0.29, 0.717) is 0 Å². The minimum atomic E-state index is -4.42. The third-order valence-corrected chi connectivity index (χ3v) is 4.53. The Morgan fingerprint density at radius 3 is 2.55 bits per heavy atom. The van der Waals surface area contributed by atoms with E-state index in [1.165, 1.54) is 18.2 Å². The van der Waals surface area contributed by atoms with E-state index in [1.54, 1.807) is 0 Å². The normalized spacial score (nSPS) is 12.6. The molecule has 0 spiro atoms. The Morgan fingerprint density at radius 1 is 1.30 bits per heavy atom. The van der Waals surface area contributed by atoms with E-state index >= 15 is 0 Å². The molecule has 0 aliphatic rings. The molecule has 0 heterocycles. The molecule has 0 saturated carbocycles. The zero-order valence-electron chi connectivity index (χ0n) is 10.3. The van der Waals surface area contributed by atoms with Crippen LogP contribution < -0.4 is 5.73 Å². The summed E-state index contributed by atoms with van der Waals surface area (Å²) < 4.78 is 63.6. The molecule has 0 unspecified atom stereocenters. The lowest BCUT2D eigenvalue weighted by Gasteiger charge is -2.09. The molecule has 0 aromatic heterocycles. The molecule has 1 rings (SSSR count). The molecule has 0 aliphatic heterocycles. The highest BCUT2D eigenvalue weighted by Gasteiger charge is 2.27. The predicted molar refractivity (Wildman–Crippen MR) is 69.4 cm³/mol. The Kier molecular flexibility index (Phi) is 5.67. The molecule has 114 valence electrons. The highest BCUT2D eigenvalue weighted by molar-refractivity contribution is 7.91. The Labute approximate surface area is 119 Å². The second-order valence-corrected chi connectivity index (χ2v) is 6.51. The Bertz CT molecular complexity index is 561. The lowest BCUT2D eigenvalue weighted by molar-refractivity contribution is -0.173. The van der Waals surface area contributed by atoms with Gasteiger partial charge in [-0.25, -0.2) is 8.42 Å². The van der Waals surface area contributed by atoms with Gasteiger partial charge in [0.2, 0.25) is 0 Å². The minimum Gasteiger partial charge on any atom is -0.399 e. The van der Waals surface area contributed by atoms with E-state index in [4.69, 9.17) is 17.3 Å². The summed E-state index contributed by atoms with van der Waals surface area (Å²) in [5.41, 5.74) is 5.71. The van der Waals surface area contributed by atoms with Gasteiger partial charge >= 0.3 is 6.18 Å². The number of hydrogen-bond donors (Lipinski definition) is 1. The van der Waals surface area contributed by atoms with Gasteiger partial charge in [-0.15, -0.1) is 0 Å². The zero-order chi connectivity index (χ0) is 15.4. The van der Waals surface area contributed by atoms with E-state index in [-0.39, 0.29) is 34.4 Å². The zero-order valence-corrected chi connectivity index (χ0v) is 11.9. The van der Waals surface area contributed by atoms with Crippen molar-refractivity contribution in [3.63, 3.8) is 0 Å². The van der Waals surface area contributed by atoms with Gasteiger partial charge in [0, 0.05) is 12.3 Å². The number of hydrogen-bond acceptors (Lipinski definition) is 4. The van der Waals surface area contributed by atoms with Gasteiger partial charge in [0.05, 0.1) is 15.7 Å². The van der Waals surface area contributed by atoms with Crippen molar-refractivity contribution in [2.75, 3.05) is 24.7 Å². The molecule has 1 aromatic rings. The largest absolute Gasteiger partial charge is 0.411 e. The predicted octanol–water partition coefficient (Wildman–Crippen LogP) is 2.66. The fourth-order valence-electron chi connectivity index (χ4n) is 1.41. The van der Waals surface area contributed by atoms with Crippen LogP contribution in [-0.4, -0.2) is 33.6 Å². The van der Waals surface area contributed by atoms with Gasteiger partial charge in [-0.1, -0.05) is 11.6 Å². The van der Waals surface area contributed by atoms with Crippen LogP contribution in [0.3, 0.4) is 0 Å². The first kappa shape index (κ1) is 17.1. The van der Waals surface area contributed by atoms with Crippen molar-refractivity contribution < 1.29 is 26.3 Å². The van der Waals surface area contributed by atoms with Crippen molar-refractivity contribution in [1.29, 1.82) is 0 Å². The van der Waals surface area contributed by atoms with Crippen molar-refractivity contribution in [3.05, 3.63) is 23.2 Å². The standard InChI is InChI=1S/C11H13ClF3NO3S/c12-9-3-2-8(16)6-10(9)20(17,18)5-1-4-19-7-11(13,14)15/h2-3,6H,1,4-5,7,16H2. The van der Waals surface area contributed by atoms with Crippen molar-refractivity contribution in [3.8, 4) is 0 Å². The van der Waals surface area contributed by atoms with Crippen LogP contribution in [0.2, 0.25) is 5.02 Å². The number of benzene rings is 1. The molecule has 0 bridgehead atoms. The summed E-state index contributed by atoms with van der Waals surface area (Å²) in [6.45, 7) is -1.70. The van der Waals surface area contributed by atoms with Gasteiger partial charge in [0.15, 0.2) is 9.84 Å². The molecule has 2 N–H and O–H groups in total. The first-order valence-corrected chi connectivity index (χ1v) is 7.57. The van der Waals surface area contributed by atoms with E-state index in [2.05, 4.69) is 4.74 Å². The van der Waals surface area contributed by atoms with Crippen LogP contribution in [0.1, 0.15) is 6.42 Å². The van der Waals surface area contributed by atoms with Crippen LogP contribution in [0.25, 0.3) is 0 Å². The van der Waals surface area contributed by atoms with E-state index in [0.717, 1.165) is 0 Å². The lowest BCUT2D eigenvalue weighted by Crippen LogP contribution is -2.18. The first-order valence-electron chi connectivity index (χ1n) is 5.54. The van der Waals surface area contributed by atoms with E-state index in [9.17, 15) is 21.6 Å². The average Bonchev–Trinajstić information content (AvgIpc) is 2.30. The third kappa shape index (κ3) is 5.56. The first-order chi connectivity index (χ1) is 9.12. The molecule has 9 heteroatoms. The minimum absolute atomic E-state index is 0.0235. The lowest BCUT2D eigenvalue weighted by atomic mass is 10.3. The van der Waals surface area contributed by atoms with Crippen molar-refractivity contribution in [2.45, 2.75) is 17.5 Å². The Hall–Kier alpha value is -0.990. The number of halogens is 4. The highest BCUT2D eigenvalue weighted by Crippen LogP contribution is 2.25. The molecule has 0 atom stereocenters. The number of alkyl halides is 3. The van der Waals surface area contributed by atoms with Crippen LogP contribution in [0.5, 0.6) is 0 Å². The van der Waals surface area contributed by atoms with Gasteiger partial charge in [-0.2, -0.15) is 13.2 Å². The molecular weight excluding hydrogens is 319 g/mol. The van der Waals surface area contributed by atoms with Gasteiger partial charge in [-0.3, -0.25) is 0 Å². The summed E-state index contributed by atoms with van der Waals surface area (Å²) in [5.74, 6) is -0.367. The molecule has 0 fully saturated rings. The molecular formula is C11H13ClF3NO3S. The number of sulfone groups is 1. The topological polar surface area (TPSA) is 69.4 Å². The summed E-state index contributed by atoms with van der Waals surface area (Å²) in [6.07, 6.45) is -4.49. The average molecular weight is 332 g/mol. The van der Waals surface area contributed by atoms with Crippen molar-refractivity contribution in [1.82, 2.24) is 0 Å². The molecule has 0 saturated heterocycles. The third-order valence-electron chi connectivity index (χ3n) is 2.26. The number of rotatable bonds is 6. The maximum Gasteiger partial charge on any atom is 0.411 e. The van der Waals surface area contributed by atoms with Gasteiger partial charge in [-0.05, 0) is 24.6 Å².